The van der Waals surface area contributed by atoms with E-state index in [4.69, 9.17) is 25.8 Å². The van der Waals surface area contributed by atoms with Crippen molar-refractivity contribution in [3.8, 4) is 17.2 Å². The first kappa shape index (κ1) is 19.3. The van der Waals surface area contributed by atoms with E-state index in [-0.39, 0.29) is 18.1 Å². The van der Waals surface area contributed by atoms with Crippen LogP contribution in [0, 0.1) is 0 Å². The van der Waals surface area contributed by atoms with Crippen molar-refractivity contribution < 1.29 is 28.6 Å². The molecule has 0 spiro atoms. The summed E-state index contributed by atoms with van der Waals surface area (Å²) in [6, 6.07) is 6.93. The van der Waals surface area contributed by atoms with Gasteiger partial charge >= 0.3 is 6.03 Å². The van der Waals surface area contributed by atoms with Crippen molar-refractivity contribution in [1.82, 2.24) is 5.32 Å². The maximum atomic E-state index is 13.0. The van der Waals surface area contributed by atoms with Gasteiger partial charge in [-0.05, 0) is 51.8 Å². The van der Waals surface area contributed by atoms with Gasteiger partial charge in [-0.15, -0.1) is 0 Å². The lowest BCUT2D eigenvalue weighted by Crippen LogP contribution is -2.54. The number of anilines is 1. The van der Waals surface area contributed by atoms with Crippen molar-refractivity contribution in [2.24, 2.45) is 0 Å². The SMILES string of the molecule is COc1c(Cl)cc(/C=C2\C(=O)NC(=O)N(c3ccc4c(c3)OCO4)C2=O)cc1Br. The minimum atomic E-state index is -0.857. The molecule has 0 aromatic heterocycles. The highest BCUT2D eigenvalue weighted by molar-refractivity contribution is 9.10. The molecule has 29 heavy (non-hydrogen) atoms. The third-order valence-corrected chi connectivity index (χ3v) is 5.12. The number of amides is 4. The van der Waals surface area contributed by atoms with Gasteiger partial charge in [0.15, 0.2) is 17.2 Å². The molecule has 4 amide bonds. The predicted molar refractivity (Wildman–Crippen MR) is 107 cm³/mol. The van der Waals surface area contributed by atoms with Gasteiger partial charge in [0.2, 0.25) is 6.79 Å². The zero-order chi connectivity index (χ0) is 20.7. The standard InChI is InChI=1S/C19H12BrClN2O6/c1-27-16-12(20)5-9(6-13(16)21)4-11-17(24)22-19(26)23(18(11)25)10-2-3-14-15(7-10)29-8-28-14/h2-7H,8H2,1H3,(H,22,24,26)/b11-4+. The summed E-state index contributed by atoms with van der Waals surface area (Å²) in [5.41, 5.74) is 0.487. The number of imide groups is 2. The van der Waals surface area contributed by atoms with Gasteiger partial charge in [0.1, 0.15) is 5.57 Å². The van der Waals surface area contributed by atoms with E-state index >= 15 is 0 Å². The van der Waals surface area contributed by atoms with Gasteiger partial charge < -0.3 is 14.2 Å². The number of carbonyl (C=O) groups excluding carboxylic acids is 3. The first-order valence-electron chi connectivity index (χ1n) is 8.23. The lowest BCUT2D eigenvalue weighted by molar-refractivity contribution is -0.122. The average molecular weight is 480 g/mol. The fourth-order valence-electron chi connectivity index (χ4n) is 2.94. The molecule has 2 heterocycles. The van der Waals surface area contributed by atoms with Crippen molar-refractivity contribution in [2.45, 2.75) is 0 Å². The number of benzene rings is 2. The minimum Gasteiger partial charge on any atom is -0.494 e. The number of rotatable bonds is 3. The molecule has 2 aliphatic heterocycles. The second-order valence-electron chi connectivity index (χ2n) is 6.01. The molecule has 8 nitrogen and oxygen atoms in total. The van der Waals surface area contributed by atoms with Gasteiger partial charge in [-0.2, -0.15) is 0 Å². The summed E-state index contributed by atoms with van der Waals surface area (Å²) in [7, 11) is 1.47. The summed E-state index contributed by atoms with van der Waals surface area (Å²) in [5.74, 6) is -0.259. The Morgan fingerprint density at radius 3 is 2.66 bits per heavy atom. The number of hydrogen-bond acceptors (Lipinski definition) is 6. The molecule has 0 unspecified atom stereocenters. The van der Waals surface area contributed by atoms with E-state index in [0.717, 1.165) is 4.90 Å². The molecule has 4 rings (SSSR count). The number of nitrogens with zero attached hydrogens (tertiary/aromatic N) is 1. The Hall–Kier alpha value is -3.04. The fourth-order valence-corrected chi connectivity index (χ4v) is 4.00. The van der Waals surface area contributed by atoms with Gasteiger partial charge in [0, 0.05) is 6.07 Å². The van der Waals surface area contributed by atoms with E-state index in [1.54, 1.807) is 18.2 Å². The number of carbonyl (C=O) groups is 3. The molecule has 0 saturated carbocycles. The molecule has 0 aliphatic carbocycles. The van der Waals surface area contributed by atoms with Crippen molar-refractivity contribution in [2.75, 3.05) is 18.8 Å². The Balaban J connectivity index is 1.73. The summed E-state index contributed by atoms with van der Waals surface area (Å²) in [6.45, 7) is 0.0513. The van der Waals surface area contributed by atoms with Gasteiger partial charge in [-0.1, -0.05) is 11.6 Å². The normalized spacial score (nSPS) is 17.0. The largest absolute Gasteiger partial charge is 0.494 e. The Morgan fingerprint density at radius 2 is 1.93 bits per heavy atom. The zero-order valence-electron chi connectivity index (χ0n) is 14.8. The molecule has 0 bridgehead atoms. The van der Waals surface area contributed by atoms with Gasteiger partial charge in [0.05, 0.1) is 22.3 Å². The summed E-state index contributed by atoms with van der Waals surface area (Å²) in [6.07, 6.45) is 1.35. The topological polar surface area (TPSA) is 94.2 Å². The molecule has 2 aromatic rings. The maximum Gasteiger partial charge on any atom is 0.335 e. The predicted octanol–water partition coefficient (Wildman–Crippen LogP) is 3.51. The number of barbiturate groups is 1. The second kappa shape index (κ2) is 7.41. The van der Waals surface area contributed by atoms with Crippen LogP contribution in [0.5, 0.6) is 17.2 Å². The molecule has 2 aromatic carbocycles. The van der Waals surface area contributed by atoms with E-state index in [1.807, 2.05) is 0 Å². The second-order valence-corrected chi connectivity index (χ2v) is 7.27. The Kier molecular flexibility index (Phi) is 4.93. The van der Waals surface area contributed by atoms with Crippen LogP contribution in [0.15, 0.2) is 40.4 Å². The molecular weight excluding hydrogens is 468 g/mol. The first-order chi connectivity index (χ1) is 13.9. The quantitative estimate of drug-likeness (QED) is 0.535. The fraction of sp³-hybridized carbons (Fsp3) is 0.105. The van der Waals surface area contributed by atoms with E-state index in [9.17, 15) is 14.4 Å². The van der Waals surface area contributed by atoms with E-state index < -0.39 is 17.8 Å². The number of halogens is 2. The maximum absolute atomic E-state index is 13.0. The average Bonchev–Trinajstić information content (AvgIpc) is 3.13. The lowest BCUT2D eigenvalue weighted by atomic mass is 10.1. The zero-order valence-corrected chi connectivity index (χ0v) is 17.2. The Bertz CT molecular complexity index is 1080. The molecule has 0 atom stereocenters. The highest BCUT2D eigenvalue weighted by Crippen LogP contribution is 2.37. The highest BCUT2D eigenvalue weighted by Gasteiger charge is 2.37. The van der Waals surface area contributed by atoms with Crippen LogP contribution in [0.3, 0.4) is 0 Å². The van der Waals surface area contributed by atoms with Crippen molar-refractivity contribution >= 4 is 57.1 Å². The van der Waals surface area contributed by atoms with Crippen LogP contribution in [0.25, 0.3) is 6.08 Å². The Labute approximate surface area is 178 Å². The van der Waals surface area contributed by atoms with Gasteiger partial charge in [-0.3, -0.25) is 14.9 Å². The monoisotopic (exact) mass is 478 g/mol. The van der Waals surface area contributed by atoms with Crippen molar-refractivity contribution in [3.63, 3.8) is 0 Å². The number of hydrogen-bond donors (Lipinski definition) is 1. The van der Waals surface area contributed by atoms with Crippen LogP contribution >= 0.6 is 27.5 Å². The molecule has 1 fully saturated rings. The lowest BCUT2D eigenvalue weighted by Gasteiger charge is -2.26. The third kappa shape index (κ3) is 3.43. The molecule has 2 aliphatic rings. The first-order valence-corrected chi connectivity index (χ1v) is 9.40. The van der Waals surface area contributed by atoms with Crippen LogP contribution in [-0.4, -0.2) is 31.7 Å². The van der Waals surface area contributed by atoms with Crippen LogP contribution < -0.4 is 24.4 Å². The van der Waals surface area contributed by atoms with E-state index in [2.05, 4.69) is 21.2 Å². The highest BCUT2D eigenvalue weighted by atomic mass is 79.9. The molecule has 148 valence electrons. The van der Waals surface area contributed by atoms with Gasteiger partial charge in [-0.25, -0.2) is 9.69 Å². The summed E-state index contributed by atoms with van der Waals surface area (Å²) < 4.78 is 16.2. The summed E-state index contributed by atoms with van der Waals surface area (Å²) >= 11 is 9.49. The number of ether oxygens (including phenoxy) is 3. The van der Waals surface area contributed by atoms with E-state index in [1.165, 1.54) is 25.3 Å². The summed E-state index contributed by atoms with van der Waals surface area (Å²) in [4.78, 5) is 38.5. The molecule has 10 heteroatoms. The number of fused-ring (bicyclic) bond motifs is 1. The van der Waals surface area contributed by atoms with E-state index in [0.29, 0.717) is 32.3 Å². The van der Waals surface area contributed by atoms with Crippen molar-refractivity contribution in [3.05, 3.63) is 51.0 Å². The van der Waals surface area contributed by atoms with Crippen LogP contribution in [-0.2, 0) is 9.59 Å². The number of nitrogens with one attached hydrogen (secondary N) is 1. The van der Waals surface area contributed by atoms with Crippen LogP contribution in [0.1, 0.15) is 5.56 Å². The van der Waals surface area contributed by atoms with Crippen molar-refractivity contribution in [1.29, 1.82) is 0 Å². The molecular formula is C19H12BrClN2O6. The Morgan fingerprint density at radius 1 is 1.17 bits per heavy atom. The summed E-state index contributed by atoms with van der Waals surface area (Å²) in [5, 5.41) is 2.46. The molecule has 0 radical (unpaired) electrons. The molecule has 1 N–H and O–H groups in total. The third-order valence-electron chi connectivity index (χ3n) is 4.25. The van der Waals surface area contributed by atoms with Gasteiger partial charge in [0.25, 0.3) is 11.8 Å². The minimum absolute atomic E-state index is 0.0513. The van der Waals surface area contributed by atoms with Crippen LogP contribution in [0.4, 0.5) is 10.5 Å². The number of urea groups is 1. The smallest absolute Gasteiger partial charge is 0.335 e. The number of methoxy groups -OCH3 is 1. The van der Waals surface area contributed by atoms with Crippen LogP contribution in [0.2, 0.25) is 5.02 Å². The molecule has 1 saturated heterocycles.